The summed E-state index contributed by atoms with van der Waals surface area (Å²) in [5.74, 6) is 0.378. The van der Waals surface area contributed by atoms with Gasteiger partial charge in [0.05, 0.1) is 5.56 Å². The third-order valence-corrected chi connectivity index (χ3v) is 15.0. The fraction of sp³-hybridized carbons (Fsp3) is 0.650. The molecule has 0 saturated carbocycles. The normalized spacial score (nSPS) is 13.5. The van der Waals surface area contributed by atoms with Gasteiger partial charge in [-0.15, -0.1) is 0 Å². The Morgan fingerprint density at radius 1 is 0.962 bits per heavy atom. The number of halogens is 1. The van der Waals surface area contributed by atoms with Crippen molar-refractivity contribution in [3.8, 4) is 5.75 Å². The predicted octanol–water partition coefficient (Wildman–Crippen LogP) is 7.13. The van der Waals surface area contributed by atoms with E-state index in [9.17, 15) is 4.79 Å². The molecule has 0 unspecified atom stereocenters. The summed E-state index contributed by atoms with van der Waals surface area (Å²) in [6, 6.07) is 5.77. The van der Waals surface area contributed by atoms with Gasteiger partial charge >= 0.3 is 5.97 Å². The average molecular weight is 460 g/mol. The highest BCUT2D eigenvalue weighted by Gasteiger charge is 2.42. The van der Waals surface area contributed by atoms with Crippen LogP contribution in [0.15, 0.2) is 18.2 Å². The van der Waals surface area contributed by atoms with Gasteiger partial charge in [-0.1, -0.05) is 63.5 Å². The van der Waals surface area contributed by atoms with Gasteiger partial charge in [0.1, 0.15) is 5.75 Å². The minimum atomic E-state index is -2.19. The zero-order chi connectivity index (χ0) is 20.6. The second kappa shape index (κ2) is 7.80. The molecule has 0 radical (unpaired) electrons. The first-order valence-corrected chi connectivity index (χ1v) is 16.1. The summed E-state index contributed by atoms with van der Waals surface area (Å²) in [4.78, 5) is 13.0. The molecule has 0 aromatic heterocycles. The van der Waals surface area contributed by atoms with Crippen molar-refractivity contribution in [1.82, 2.24) is 0 Å². The van der Waals surface area contributed by atoms with Crippen LogP contribution in [0.4, 0.5) is 0 Å². The van der Waals surface area contributed by atoms with Crippen LogP contribution in [0.1, 0.15) is 57.5 Å². The van der Waals surface area contributed by atoms with E-state index in [0.29, 0.717) is 11.3 Å². The maximum Gasteiger partial charge on any atom is 0.328 e. The predicted molar refractivity (Wildman–Crippen MR) is 120 cm³/mol. The van der Waals surface area contributed by atoms with Crippen molar-refractivity contribution in [1.29, 1.82) is 0 Å². The van der Waals surface area contributed by atoms with Crippen molar-refractivity contribution in [2.75, 3.05) is 0 Å². The summed E-state index contributed by atoms with van der Waals surface area (Å²) >= 11 is 3.49. The van der Waals surface area contributed by atoms with E-state index in [0.717, 1.165) is 10.9 Å². The molecule has 0 saturated heterocycles. The molecular formula is C20H35BrO3Si2. The summed E-state index contributed by atoms with van der Waals surface area (Å²) in [5.41, 5.74) is 1.62. The highest BCUT2D eigenvalue weighted by atomic mass is 79.9. The van der Waals surface area contributed by atoms with Crippen molar-refractivity contribution in [3.63, 3.8) is 0 Å². The fourth-order valence-electron chi connectivity index (χ4n) is 1.77. The van der Waals surface area contributed by atoms with E-state index in [1.165, 1.54) is 0 Å². The number of hydrogen-bond acceptors (Lipinski definition) is 3. The van der Waals surface area contributed by atoms with E-state index in [4.69, 9.17) is 8.85 Å². The number of rotatable bonds is 5. The lowest BCUT2D eigenvalue weighted by Crippen LogP contribution is -2.45. The number of benzene rings is 1. The summed E-state index contributed by atoms with van der Waals surface area (Å²) in [6.07, 6.45) is 0. The van der Waals surface area contributed by atoms with Crippen molar-refractivity contribution < 1.29 is 13.6 Å². The molecule has 26 heavy (non-hydrogen) atoms. The van der Waals surface area contributed by atoms with Crippen LogP contribution in [0, 0.1) is 0 Å². The molecule has 0 N–H and O–H groups in total. The smallest absolute Gasteiger partial charge is 0.328 e. The molecule has 0 aliphatic carbocycles. The Labute approximate surface area is 170 Å². The first-order valence-electron chi connectivity index (χ1n) is 9.13. The summed E-state index contributed by atoms with van der Waals surface area (Å²) in [6.45, 7) is 21.5. The number of hydrogen-bond donors (Lipinski definition) is 0. The molecule has 0 aliphatic heterocycles. The molecular weight excluding hydrogens is 424 g/mol. The Bertz CT molecular complexity index is 656. The van der Waals surface area contributed by atoms with E-state index in [1.807, 2.05) is 18.2 Å². The molecule has 6 heteroatoms. The van der Waals surface area contributed by atoms with Crippen molar-refractivity contribution >= 4 is 38.5 Å². The van der Waals surface area contributed by atoms with E-state index in [-0.39, 0.29) is 16.0 Å². The van der Waals surface area contributed by atoms with Gasteiger partial charge in [0.15, 0.2) is 0 Å². The summed E-state index contributed by atoms with van der Waals surface area (Å²) in [7, 11) is -4.26. The molecule has 0 amide bonds. The lowest BCUT2D eigenvalue weighted by Gasteiger charge is -2.38. The van der Waals surface area contributed by atoms with E-state index in [1.54, 1.807) is 0 Å². The van der Waals surface area contributed by atoms with Crippen LogP contribution in [-0.4, -0.2) is 22.6 Å². The van der Waals surface area contributed by atoms with Crippen LogP contribution in [0.25, 0.3) is 0 Å². The second-order valence-corrected chi connectivity index (χ2v) is 20.0. The zero-order valence-corrected chi connectivity index (χ0v) is 21.6. The molecule has 1 rings (SSSR count). The fourth-order valence-corrected chi connectivity index (χ4v) is 4.02. The lowest BCUT2D eigenvalue weighted by atomic mass is 10.1. The molecule has 148 valence electrons. The number of carbonyl (C=O) groups excluding carboxylic acids is 1. The highest BCUT2D eigenvalue weighted by Crippen LogP contribution is 2.40. The number of carbonyl (C=O) groups is 1. The molecule has 0 bridgehead atoms. The van der Waals surface area contributed by atoms with Crippen molar-refractivity contribution in [2.24, 2.45) is 0 Å². The van der Waals surface area contributed by atoms with E-state index in [2.05, 4.69) is 83.7 Å². The summed E-state index contributed by atoms with van der Waals surface area (Å²) < 4.78 is 12.5. The Morgan fingerprint density at radius 2 is 1.46 bits per heavy atom. The van der Waals surface area contributed by atoms with Gasteiger partial charge in [-0.05, 0) is 54.0 Å². The molecule has 0 fully saturated rings. The van der Waals surface area contributed by atoms with Crippen molar-refractivity contribution in [2.45, 2.75) is 83.1 Å². The first-order chi connectivity index (χ1) is 11.5. The van der Waals surface area contributed by atoms with Crippen LogP contribution < -0.4 is 4.43 Å². The lowest BCUT2D eigenvalue weighted by molar-refractivity contribution is 0.0710. The second-order valence-electron chi connectivity index (χ2n) is 9.98. The van der Waals surface area contributed by atoms with E-state index < -0.39 is 16.6 Å². The van der Waals surface area contributed by atoms with E-state index >= 15 is 0 Å². The third kappa shape index (κ3) is 5.46. The standard InChI is InChI=1S/C20H35BrO3Si2/c1-19(2,3)25(7,8)23-17-13-15(14-21)11-12-16(17)18(22)24-26(9,10)20(4,5)6/h11-13H,14H2,1-10H3. The molecule has 1 aromatic carbocycles. The van der Waals surface area contributed by atoms with Gasteiger partial charge in [0, 0.05) is 5.33 Å². The molecule has 0 spiro atoms. The highest BCUT2D eigenvalue weighted by molar-refractivity contribution is 9.08. The van der Waals surface area contributed by atoms with Gasteiger partial charge < -0.3 is 8.85 Å². The quantitative estimate of drug-likeness (QED) is 0.347. The Kier molecular flexibility index (Phi) is 7.03. The zero-order valence-electron chi connectivity index (χ0n) is 18.0. The van der Waals surface area contributed by atoms with Crippen LogP contribution >= 0.6 is 15.9 Å². The minimum absolute atomic E-state index is 0.0289. The molecule has 1 aromatic rings. The van der Waals surface area contributed by atoms with Gasteiger partial charge in [-0.3, -0.25) is 0 Å². The molecule has 3 nitrogen and oxygen atoms in total. The number of alkyl halides is 1. The van der Waals surface area contributed by atoms with Gasteiger partial charge in [-0.2, -0.15) is 0 Å². The Balaban J connectivity index is 3.30. The van der Waals surface area contributed by atoms with Crippen LogP contribution in [-0.2, 0) is 9.76 Å². The maximum absolute atomic E-state index is 13.0. The topological polar surface area (TPSA) is 35.5 Å². The Hall–Kier alpha value is -0.596. The first kappa shape index (κ1) is 23.4. The van der Waals surface area contributed by atoms with Gasteiger partial charge in [0.25, 0.3) is 16.6 Å². The monoisotopic (exact) mass is 458 g/mol. The van der Waals surface area contributed by atoms with Crippen LogP contribution in [0.3, 0.4) is 0 Å². The van der Waals surface area contributed by atoms with Crippen molar-refractivity contribution in [3.05, 3.63) is 29.3 Å². The Morgan fingerprint density at radius 3 is 1.88 bits per heavy atom. The van der Waals surface area contributed by atoms with Gasteiger partial charge in [-0.25, -0.2) is 4.79 Å². The molecule has 0 heterocycles. The minimum Gasteiger partial charge on any atom is -0.543 e. The maximum atomic E-state index is 13.0. The third-order valence-electron chi connectivity index (χ3n) is 5.75. The summed E-state index contributed by atoms with van der Waals surface area (Å²) in [5, 5.41) is 0.745. The van der Waals surface area contributed by atoms with Crippen LogP contribution in [0.5, 0.6) is 5.75 Å². The molecule has 0 atom stereocenters. The average Bonchev–Trinajstić information content (AvgIpc) is 2.43. The molecule has 0 aliphatic rings. The largest absolute Gasteiger partial charge is 0.543 e. The SMILES string of the molecule is CC(C)(C)[Si](C)(C)OC(=O)c1ccc(CBr)cc1O[Si](C)(C)C(C)(C)C. The van der Waals surface area contributed by atoms with Gasteiger partial charge in [0.2, 0.25) is 0 Å². The van der Waals surface area contributed by atoms with Crippen LogP contribution in [0.2, 0.25) is 36.3 Å².